The zero-order chi connectivity index (χ0) is 14.9. The Balaban J connectivity index is 2.46. The largest absolute Gasteiger partial charge is 0.396 e. The lowest BCUT2D eigenvalue weighted by molar-refractivity contribution is -0.132. The van der Waals surface area contributed by atoms with E-state index in [2.05, 4.69) is 10.3 Å². The first-order chi connectivity index (χ1) is 9.43. The van der Waals surface area contributed by atoms with Crippen molar-refractivity contribution in [3.63, 3.8) is 0 Å². The fraction of sp³-hybridized carbons (Fsp3) is 0.333. The number of piperazine rings is 1. The number of carbonyl (C=O) groups is 3. The average molecular weight is 277 g/mol. The summed E-state index contributed by atoms with van der Waals surface area (Å²) in [6.45, 7) is 1.75. The maximum atomic E-state index is 11.8. The van der Waals surface area contributed by atoms with Crippen LogP contribution in [0.15, 0.2) is 12.1 Å². The fourth-order valence-electron chi connectivity index (χ4n) is 2.12. The monoisotopic (exact) mass is 277 g/mol. The van der Waals surface area contributed by atoms with Gasteiger partial charge in [0, 0.05) is 0 Å². The van der Waals surface area contributed by atoms with E-state index < -0.39 is 23.8 Å². The maximum absolute atomic E-state index is 11.8. The van der Waals surface area contributed by atoms with Gasteiger partial charge in [0.2, 0.25) is 11.8 Å². The highest BCUT2D eigenvalue weighted by Gasteiger charge is 2.34. The number of hydrogen-bond donors (Lipinski definition) is 3. The Morgan fingerprint density at radius 3 is 2.80 bits per heavy atom. The van der Waals surface area contributed by atoms with E-state index >= 15 is 0 Å². The normalized spacial score (nSPS) is 18.9. The van der Waals surface area contributed by atoms with E-state index in [1.54, 1.807) is 6.92 Å². The molecule has 1 aromatic heterocycles. The van der Waals surface area contributed by atoms with Crippen LogP contribution in [0.2, 0.25) is 0 Å². The number of aromatic nitrogens is 1. The highest BCUT2D eigenvalue weighted by Crippen LogP contribution is 2.25. The van der Waals surface area contributed by atoms with Crippen LogP contribution in [0.5, 0.6) is 0 Å². The minimum absolute atomic E-state index is 0.0301. The molecule has 2 rings (SSSR count). The molecular weight excluding hydrogens is 262 g/mol. The molecule has 0 spiro atoms. The quantitative estimate of drug-likeness (QED) is 0.607. The Kier molecular flexibility index (Phi) is 3.55. The number of imide groups is 1. The molecule has 0 aliphatic carbocycles. The molecule has 0 saturated carbocycles. The third-order valence-corrected chi connectivity index (χ3v) is 3.07. The maximum Gasteiger partial charge on any atom is 0.267 e. The third-order valence-electron chi connectivity index (χ3n) is 3.07. The van der Waals surface area contributed by atoms with Gasteiger partial charge >= 0.3 is 0 Å². The summed E-state index contributed by atoms with van der Waals surface area (Å²) < 4.78 is 0. The standard InChI is InChI=1S/C12H15N5O3/c1-2-8-12(20)16-9(18)5-17(8)11-6(13)3-4-7(15-11)10(14)19/h3-4,8H,2,5,13H2,1H3,(H2,14,19)(H,16,18,20). The molecule has 0 aromatic carbocycles. The molecule has 1 aromatic rings. The van der Waals surface area contributed by atoms with Crippen molar-refractivity contribution in [2.45, 2.75) is 19.4 Å². The van der Waals surface area contributed by atoms with Crippen molar-refractivity contribution in [2.75, 3.05) is 17.2 Å². The second-order valence-corrected chi connectivity index (χ2v) is 4.44. The summed E-state index contributed by atoms with van der Waals surface area (Å²) in [4.78, 5) is 40.1. The summed E-state index contributed by atoms with van der Waals surface area (Å²) in [6, 6.07) is 2.31. The molecule has 0 bridgehead atoms. The zero-order valence-electron chi connectivity index (χ0n) is 10.9. The van der Waals surface area contributed by atoms with E-state index in [4.69, 9.17) is 11.5 Å². The van der Waals surface area contributed by atoms with Crippen molar-refractivity contribution in [1.29, 1.82) is 0 Å². The van der Waals surface area contributed by atoms with Gasteiger partial charge in [0.25, 0.3) is 5.91 Å². The van der Waals surface area contributed by atoms with Crippen LogP contribution >= 0.6 is 0 Å². The summed E-state index contributed by atoms with van der Waals surface area (Å²) >= 11 is 0. The second kappa shape index (κ2) is 5.16. The van der Waals surface area contributed by atoms with Crippen molar-refractivity contribution in [2.24, 2.45) is 5.73 Å². The number of nitrogens with two attached hydrogens (primary N) is 2. The third kappa shape index (κ3) is 2.40. The molecule has 1 fully saturated rings. The molecule has 8 nitrogen and oxygen atoms in total. The molecule has 1 unspecified atom stereocenters. The van der Waals surface area contributed by atoms with Crippen molar-refractivity contribution in [3.05, 3.63) is 17.8 Å². The van der Waals surface area contributed by atoms with Gasteiger partial charge in [-0.3, -0.25) is 19.7 Å². The minimum Gasteiger partial charge on any atom is -0.396 e. The van der Waals surface area contributed by atoms with Gasteiger partial charge in [0.15, 0.2) is 5.82 Å². The van der Waals surface area contributed by atoms with Gasteiger partial charge in [-0.25, -0.2) is 4.98 Å². The Labute approximate surface area is 115 Å². The lowest BCUT2D eigenvalue weighted by Gasteiger charge is -2.34. The lowest BCUT2D eigenvalue weighted by Crippen LogP contribution is -2.58. The predicted octanol–water partition coefficient (Wildman–Crippen LogP) is -0.996. The summed E-state index contributed by atoms with van der Waals surface area (Å²) in [5, 5.41) is 2.26. The van der Waals surface area contributed by atoms with Crippen LogP contribution in [-0.4, -0.2) is 35.3 Å². The number of carbonyl (C=O) groups excluding carboxylic acids is 3. The highest BCUT2D eigenvalue weighted by molar-refractivity contribution is 6.05. The Morgan fingerprint density at radius 2 is 2.20 bits per heavy atom. The van der Waals surface area contributed by atoms with E-state index in [1.165, 1.54) is 17.0 Å². The number of pyridine rings is 1. The number of anilines is 2. The van der Waals surface area contributed by atoms with Crippen molar-refractivity contribution < 1.29 is 14.4 Å². The summed E-state index contributed by atoms with van der Waals surface area (Å²) in [6.07, 6.45) is 0.473. The van der Waals surface area contributed by atoms with Crippen LogP contribution in [0, 0.1) is 0 Å². The van der Waals surface area contributed by atoms with Crippen molar-refractivity contribution in [1.82, 2.24) is 10.3 Å². The Hall–Kier alpha value is -2.64. The average Bonchev–Trinajstić information content (AvgIpc) is 2.38. The van der Waals surface area contributed by atoms with Gasteiger partial charge in [0.1, 0.15) is 11.7 Å². The molecular formula is C12H15N5O3. The summed E-state index contributed by atoms with van der Waals surface area (Å²) in [5.41, 5.74) is 11.3. The van der Waals surface area contributed by atoms with Gasteiger partial charge < -0.3 is 16.4 Å². The van der Waals surface area contributed by atoms with E-state index in [1.807, 2.05) is 0 Å². The van der Waals surface area contributed by atoms with Gasteiger partial charge in [-0.15, -0.1) is 0 Å². The van der Waals surface area contributed by atoms with Crippen LogP contribution in [0.3, 0.4) is 0 Å². The molecule has 106 valence electrons. The highest BCUT2D eigenvalue weighted by atomic mass is 16.2. The molecule has 20 heavy (non-hydrogen) atoms. The smallest absolute Gasteiger partial charge is 0.267 e. The number of primary amides is 1. The number of amides is 3. The number of nitrogens with one attached hydrogen (secondary N) is 1. The summed E-state index contributed by atoms with van der Waals surface area (Å²) in [7, 11) is 0. The Bertz CT molecular complexity index is 586. The second-order valence-electron chi connectivity index (χ2n) is 4.44. The van der Waals surface area contributed by atoms with Crippen molar-refractivity contribution in [3.8, 4) is 0 Å². The topological polar surface area (TPSA) is 131 Å². The SMILES string of the molecule is CCC1C(=O)NC(=O)CN1c1nc(C(N)=O)ccc1N. The predicted molar refractivity (Wildman–Crippen MR) is 71.7 cm³/mol. The molecule has 1 saturated heterocycles. The zero-order valence-corrected chi connectivity index (χ0v) is 10.9. The summed E-state index contributed by atoms with van der Waals surface area (Å²) in [5.74, 6) is -1.33. The van der Waals surface area contributed by atoms with E-state index in [0.717, 1.165) is 0 Å². The van der Waals surface area contributed by atoms with Gasteiger partial charge in [-0.1, -0.05) is 6.92 Å². The van der Waals surface area contributed by atoms with E-state index in [-0.39, 0.29) is 23.7 Å². The van der Waals surface area contributed by atoms with Crippen molar-refractivity contribution >= 4 is 29.2 Å². The number of hydrogen-bond acceptors (Lipinski definition) is 6. The number of nitrogen functional groups attached to an aromatic ring is 1. The lowest BCUT2D eigenvalue weighted by atomic mass is 10.1. The first-order valence-electron chi connectivity index (χ1n) is 6.10. The molecule has 8 heteroatoms. The molecule has 5 N–H and O–H groups in total. The molecule has 0 radical (unpaired) electrons. The van der Waals surface area contributed by atoms with Crippen LogP contribution in [0.4, 0.5) is 11.5 Å². The van der Waals surface area contributed by atoms with Gasteiger partial charge in [-0.05, 0) is 18.6 Å². The molecule has 1 atom stereocenters. The molecule has 2 heterocycles. The first-order valence-corrected chi connectivity index (χ1v) is 6.10. The molecule has 1 aliphatic rings. The fourth-order valence-corrected chi connectivity index (χ4v) is 2.12. The van der Waals surface area contributed by atoms with E-state index in [9.17, 15) is 14.4 Å². The molecule has 3 amide bonds. The van der Waals surface area contributed by atoms with Crippen LogP contribution in [-0.2, 0) is 9.59 Å². The number of rotatable bonds is 3. The number of nitrogens with zero attached hydrogens (tertiary/aromatic N) is 2. The van der Waals surface area contributed by atoms with E-state index in [0.29, 0.717) is 6.42 Å². The van der Waals surface area contributed by atoms with Crippen LogP contribution in [0.1, 0.15) is 23.8 Å². The van der Waals surface area contributed by atoms with Gasteiger partial charge in [0.05, 0.1) is 12.2 Å². The van der Waals surface area contributed by atoms with Gasteiger partial charge in [-0.2, -0.15) is 0 Å². The Morgan fingerprint density at radius 1 is 1.50 bits per heavy atom. The minimum atomic E-state index is -0.702. The molecule has 1 aliphatic heterocycles. The van der Waals surface area contributed by atoms with Crippen LogP contribution < -0.4 is 21.7 Å². The first kappa shape index (κ1) is 13.8. The van der Waals surface area contributed by atoms with Crippen LogP contribution in [0.25, 0.3) is 0 Å².